The second-order valence-electron chi connectivity index (χ2n) is 4.13. The number of nitrogens with one attached hydrogen (secondary N) is 1. The Balaban J connectivity index is 4.29. The Bertz CT molecular complexity index is 227. The van der Waals surface area contributed by atoms with E-state index in [9.17, 15) is 9.59 Å². The van der Waals surface area contributed by atoms with Crippen molar-refractivity contribution in [2.75, 3.05) is 6.54 Å². The minimum atomic E-state index is -0.0968. The van der Waals surface area contributed by atoms with Crippen LogP contribution in [0.25, 0.3) is 0 Å². The van der Waals surface area contributed by atoms with Crippen LogP contribution in [0.2, 0.25) is 0 Å². The number of rotatable bonds is 5. The monoisotopic (exact) mass is 214 g/mol. The van der Waals surface area contributed by atoms with E-state index in [1.807, 2.05) is 27.7 Å². The third-order valence-corrected chi connectivity index (χ3v) is 2.29. The molecule has 0 spiro atoms. The van der Waals surface area contributed by atoms with Crippen LogP contribution in [-0.2, 0) is 9.59 Å². The average Bonchev–Trinajstić information content (AvgIpc) is 2.11. The van der Waals surface area contributed by atoms with Gasteiger partial charge in [0.05, 0.1) is 6.54 Å². The predicted octanol–water partition coefficient (Wildman–Crippen LogP) is 1.16. The number of hydrogen-bond acceptors (Lipinski definition) is 2. The molecule has 0 fully saturated rings. The van der Waals surface area contributed by atoms with Gasteiger partial charge in [-0.05, 0) is 27.2 Å². The van der Waals surface area contributed by atoms with Crippen LogP contribution < -0.4 is 5.32 Å². The highest BCUT2D eigenvalue weighted by Crippen LogP contribution is 2.03. The molecule has 0 saturated carbocycles. The fourth-order valence-corrected chi connectivity index (χ4v) is 1.32. The smallest absolute Gasteiger partial charge is 0.239 e. The molecule has 0 rings (SSSR count). The van der Waals surface area contributed by atoms with E-state index >= 15 is 0 Å². The highest BCUT2D eigenvalue weighted by Gasteiger charge is 2.18. The molecule has 0 aliphatic carbocycles. The summed E-state index contributed by atoms with van der Waals surface area (Å²) in [7, 11) is 0. The molecular weight excluding hydrogens is 192 g/mol. The summed E-state index contributed by atoms with van der Waals surface area (Å²) in [5.74, 6) is -0.149. The van der Waals surface area contributed by atoms with Crippen LogP contribution in [0.5, 0.6) is 0 Å². The van der Waals surface area contributed by atoms with Crippen molar-refractivity contribution in [3.05, 3.63) is 0 Å². The van der Waals surface area contributed by atoms with E-state index in [4.69, 9.17) is 0 Å². The number of nitrogens with zero attached hydrogens (tertiary/aromatic N) is 1. The lowest BCUT2D eigenvalue weighted by Gasteiger charge is -2.27. The molecule has 1 N–H and O–H groups in total. The molecule has 0 aliphatic heterocycles. The summed E-state index contributed by atoms with van der Waals surface area (Å²) >= 11 is 0. The maximum absolute atomic E-state index is 11.5. The third-order valence-electron chi connectivity index (χ3n) is 2.29. The largest absolute Gasteiger partial charge is 0.352 e. The minimum Gasteiger partial charge on any atom is -0.352 e. The molecule has 88 valence electrons. The summed E-state index contributed by atoms with van der Waals surface area (Å²) in [6.07, 6.45) is 0.856. The lowest BCUT2D eigenvalue weighted by molar-refractivity contribution is -0.136. The van der Waals surface area contributed by atoms with Crippen LogP contribution in [0.15, 0.2) is 0 Å². The lowest BCUT2D eigenvalue weighted by Crippen LogP contribution is -2.45. The van der Waals surface area contributed by atoms with E-state index in [1.54, 1.807) is 4.90 Å². The van der Waals surface area contributed by atoms with Crippen molar-refractivity contribution in [2.24, 2.45) is 0 Å². The summed E-state index contributed by atoms with van der Waals surface area (Å²) in [4.78, 5) is 24.4. The van der Waals surface area contributed by atoms with Gasteiger partial charge in [-0.3, -0.25) is 9.59 Å². The molecule has 0 heterocycles. The fraction of sp³-hybridized carbons (Fsp3) is 0.818. The number of carbonyl (C=O) groups excluding carboxylic acids is 2. The molecule has 0 saturated heterocycles. The molecule has 2 amide bonds. The first kappa shape index (κ1) is 13.9. The second kappa shape index (κ2) is 6.43. The van der Waals surface area contributed by atoms with Crippen molar-refractivity contribution in [1.82, 2.24) is 10.2 Å². The van der Waals surface area contributed by atoms with Gasteiger partial charge in [-0.1, -0.05) is 6.92 Å². The third kappa shape index (κ3) is 5.40. The quantitative estimate of drug-likeness (QED) is 0.746. The van der Waals surface area contributed by atoms with Gasteiger partial charge in [0.1, 0.15) is 0 Å². The van der Waals surface area contributed by atoms with Gasteiger partial charge in [0, 0.05) is 19.0 Å². The zero-order valence-corrected chi connectivity index (χ0v) is 10.3. The zero-order chi connectivity index (χ0) is 12.0. The van der Waals surface area contributed by atoms with E-state index in [0.29, 0.717) is 0 Å². The number of amides is 2. The molecule has 4 nitrogen and oxygen atoms in total. The van der Waals surface area contributed by atoms with Gasteiger partial charge >= 0.3 is 0 Å². The number of carbonyl (C=O) groups is 2. The Kier molecular flexibility index (Phi) is 5.97. The van der Waals surface area contributed by atoms with E-state index < -0.39 is 0 Å². The number of hydrogen-bond donors (Lipinski definition) is 1. The molecule has 0 aromatic rings. The molecule has 1 unspecified atom stereocenters. The van der Waals surface area contributed by atoms with Crippen LogP contribution >= 0.6 is 0 Å². The maximum Gasteiger partial charge on any atom is 0.239 e. The second-order valence-corrected chi connectivity index (χ2v) is 4.13. The van der Waals surface area contributed by atoms with Gasteiger partial charge in [-0.2, -0.15) is 0 Å². The van der Waals surface area contributed by atoms with E-state index in [0.717, 1.165) is 6.42 Å². The summed E-state index contributed by atoms with van der Waals surface area (Å²) in [5.41, 5.74) is 0. The van der Waals surface area contributed by atoms with Crippen molar-refractivity contribution < 1.29 is 9.59 Å². The fourth-order valence-electron chi connectivity index (χ4n) is 1.32. The van der Waals surface area contributed by atoms with Gasteiger partial charge in [-0.25, -0.2) is 0 Å². The van der Waals surface area contributed by atoms with E-state index in [-0.39, 0.29) is 30.4 Å². The average molecular weight is 214 g/mol. The maximum atomic E-state index is 11.5. The van der Waals surface area contributed by atoms with Gasteiger partial charge < -0.3 is 10.2 Å². The van der Waals surface area contributed by atoms with Crippen LogP contribution in [-0.4, -0.2) is 35.3 Å². The van der Waals surface area contributed by atoms with Crippen molar-refractivity contribution in [2.45, 2.75) is 53.1 Å². The first-order valence-corrected chi connectivity index (χ1v) is 5.45. The van der Waals surface area contributed by atoms with E-state index in [2.05, 4.69) is 5.32 Å². The Labute approximate surface area is 92.0 Å². The van der Waals surface area contributed by atoms with Crippen molar-refractivity contribution >= 4 is 11.8 Å². The predicted molar refractivity (Wildman–Crippen MR) is 60.4 cm³/mol. The Hall–Kier alpha value is -1.06. The molecule has 0 radical (unpaired) electrons. The highest BCUT2D eigenvalue weighted by molar-refractivity contribution is 5.84. The normalized spacial score (nSPS) is 12.4. The Morgan fingerprint density at radius 3 is 2.13 bits per heavy atom. The lowest BCUT2D eigenvalue weighted by atomic mass is 10.2. The summed E-state index contributed by atoms with van der Waals surface area (Å²) < 4.78 is 0. The first-order valence-electron chi connectivity index (χ1n) is 5.45. The molecule has 0 bridgehead atoms. The van der Waals surface area contributed by atoms with E-state index in [1.165, 1.54) is 6.92 Å². The SMILES string of the molecule is CCC(C)N(CC(=O)NC(C)C)C(C)=O. The molecule has 15 heavy (non-hydrogen) atoms. The Morgan fingerprint density at radius 1 is 1.27 bits per heavy atom. The standard InChI is InChI=1S/C11H22N2O2/c1-6-9(4)13(10(5)14)7-11(15)12-8(2)3/h8-9H,6-7H2,1-5H3,(H,12,15). The van der Waals surface area contributed by atoms with Gasteiger partial charge in [-0.15, -0.1) is 0 Å². The molecule has 1 atom stereocenters. The molecular formula is C11H22N2O2. The molecule has 0 aromatic carbocycles. The van der Waals surface area contributed by atoms with Crippen molar-refractivity contribution in [1.29, 1.82) is 0 Å². The van der Waals surface area contributed by atoms with Gasteiger partial charge in [0.25, 0.3) is 0 Å². The zero-order valence-electron chi connectivity index (χ0n) is 10.3. The van der Waals surface area contributed by atoms with Crippen molar-refractivity contribution in [3.8, 4) is 0 Å². The summed E-state index contributed by atoms with van der Waals surface area (Å²) in [6, 6.07) is 0.226. The minimum absolute atomic E-state index is 0.0525. The van der Waals surface area contributed by atoms with Crippen LogP contribution in [0.1, 0.15) is 41.0 Å². The topological polar surface area (TPSA) is 49.4 Å². The van der Waals surface area contributed by atoms with Gasteiger partial charge in [0.2, 0.25) is 11.8 Å². The van der Waals surface area contributed by atoms with Crippen LogP contribution in [0, 0.1) is 0 Å². The van der Waals surface area contributed by atoms with Crippen LogP contribution in [0.4, 0.5) is 0 Å². The van der Waals surface area contributed by atoms with Crippen molar-refractivity contribution in [3.63, 3.8) is 0 Å². The molecule has 4 heteroatoms. The molecule has 0 aromatic heterocycles. The van der Waals surface area contributed by atoms with Crippen LogP contribution in [0.3, 0.4) is 0 Å². The molecule has 0 aliphatic rings. The summed E-state index contributed by atoms with van der Waals surface area (Å²) in [6.45, 7) is 9.40. The highest BCUT2D eigenvalue weighted by atomic mass is 16.2. The first-order chi connectivity index (χ1) is 6.88. The summed E-state index contributed by atoms with van der Waals surface area (Å²) in [5, 5.41) is 2.77. The Morgan fingerprint density at radius 2 is 1.80 bits per heavy atom. The van der Waals surface area contributed by atoms with Gasteiger partial charge in [0.15, 0.2) is 0 Å².